The normalized spacial score (nSPS) is 31.1. The van der Waals surface area contributed by atoms with Crippen molar-refractivity contribution in [2.24, 2.45) is 11.3 Å². The van der Waals surface area contributed by atoms with Crippen molar-refractivity contribution in [2.45, 2.75) is 46.0 Å². The van der Waals surface area contributed by atoms with E-state index in [1.807, 2.05) is 0 Å². The van der Waals surface area contributed by atoms with Crippen molar-refractivity contribution in [2.75, 3.05) is 0 Å². The summed E-state index contributed by atoms with van der Waals surface area (Å²) in [4.78, 5) is 0. The highest BCUT2D eigenvalue weighted by molar-refractivity contribution is 5.31. The Bertz CT molecular complexity index is 323. The van der Waals surface area contributed by atoms with Crippen LogP contribution in [0.1, 0.15) is 46.1 Å². The zero-order chi connectivity index (χ0) is 11.1. The summed E-state index contributed by atoms with van der Waals surface area (Å²) in [6, 6.07) is 11.1. The van der Waals surface area contributed by atoms with Crippen LogP contribution in [0.5, 0.6) is 0 Å². The molecule has 0 heterocycles. The van der Waals surface area contributed by atoms with E-state index < -0.39 is 0 Å². The van der Waals surface area contributed by atoms with Crippen molar-refractivity contribution in [3.63, 3.8) is 0 Å². The van der Waals surface area contributed by atoms with Crippen LogP contribution in [0.4, 0.5) is 0 Å². The molecule has 0 saturated heterocycles. The molecule has 0 bridgehead atoms. The minimum absolute atomic E-state index is 0.376. The quantitative estimate of drug-likeness (QED) is 0.633. The fourth-order valence-electron chi connectivity index (χ4n) is 3.17. The Labute approximate surface area is 93.7 Å². The second kappa shape index (κ2) is 3.37. The molecule has 0 nitrogen and oxygen atoms in total. The van der Waals surface area contributed by atoms with Gasteiger partial charge in [0.15, 0.2) is 0 Å². The Morgan fingerprint density at radius 1 is 1.07 bits per heavy atom. The van der Waals surface area contributed by atoms with Crippen molar-refractivity contribution in [3.8, 4) is 0 Å². The zero-order valence-corrected chi connectivity index (χ0v) is 10.4. The SMILES string of the molecule is CC1CC(c2ccccc2)(C(C)(C)C)C1. The molecule has 0 atom stereocenters. The fourth-order valence-corrected chi connectivity index (χ4v) is 3.17. The Morgan fingerprint density at radius 3 is 2.00 bits per heavy atom. The molecule has 1 fully saturated rings. The van der Waals surface area contributed by atoms with Crippen LogP contribution in [-0.4, -0.2) is 0 Å². The lowest BCUT2D eigenvalue weighted by atomic mass is 9.49. The van der Waals surface area contributed by atoms with E-state index in [2.05, 4.69) is 58.0 Å². The maximum absolute atomic E-state index is 2.38. The molecule has 0 aliphatic heterocycles. The van der Waals surface area contributed by atoms with E-state index in [1.54, 1.807) is 0 Å². The van der Waals surface area contributed by atoms with E-state index in [9.17, 15) is 0 Å². The second-order valence-corrected chi connectivity index (χ2v) is 6.21. The number of hydrogen-bond acceptors (Lipinski definition) is 0. The Balaban J connectivity index is 2.38. The standard InChI is InChI=1S/C15H22/c1-12-10-15(11-12,14(2,3)4)13-8-6-5-7-9-13/h5-9,12H,10-11H2,1-4H3. The highest BCUT2D eigenvalue weighted by Crippen LogP contribution is 2.57. The molecule has 0 unspecified atom stereocenters. The summed E-state index contributed by atoms with van der Waals surface area (Å²) >= 11 is 0. The Hall–Kier alpha value is -0.780. The van der Waals surface area contributed by atoms with Crippen molar-refractivity contribution in [1.82, 2.24) is 0 Å². The van der Waals surface area contributed by atoms with Gasteiger partial charge in [-0.2, -0.15) is 0 Å². The van der Waals surface area contributed by atoms with Crippen LogP contribution in [0.3, 0.4) is 0 Å². The second-order valence-electron chi connectivity index (χ2n) is 6.21. The van der Waals surface area contributed by atoms with E-state index in [-0.39, 0.29) is 0 Å². The average Bonchev–Trinajstić information content (AvgIpc) is 2.12. The average molecular weight is 202 g/mol. The van der Waals surface area contributed by atoms with Crippen LogP contribution in [0, 0.1) is 11.3 Å². The van der Waals surface area contributed by atoms with Gasteiger partial charge in [-0.1, -0.05) is 58.0 Å². The summed E-state index contributed by atoms with van der Waals surface area (Å²) in [5.41, 5.74) is 2.34. The molecular weight excluding hydrogens is 180 g/mol. The van der Waals surface area contributed by atoms with Crippen LogP contribution < -0.4 is 0 Å². The van der Waals surface area contributed by atoms with Gasteiger partial charge in [0.1, 0.15) is 0 Å². The number of rotatable bonds is 1. The lowest BCUT2D eigenvalue weighted by Crippen LogP contribution is -2.49. The minimum atomic E-state index is 0.376. The van der Waals surface area contributed by atoms with Gasteiger partial charge in [0, 0.05) is 5.41 Å². The molecule has 0 spiro atoms. The van der Waals surface area contributed by atoms with E-state index in [4.69, 9.17) is 0 Å². The third-order valence-electron chi connectivity index (χ3n) is 4.16. The third-order valence-corrected chi connectivity index (χ3v) is 4.16. The molecule has 1 aliphatic rings. The van der Waals surface area contributed by atoms with E-state index in [0.29, 0.717) is 10.8 Å². The van der Waals surface area contributed by atoms with Gasteiger partial charge in [0.05, 0.1) is 0 Å². The van der Waals surface area contributed by atoms with Crippen LogP contribution >= 0.6 is 0 Å². The van der Waals surface area contributed by atoms with Gasteiger partial charge in [0.2, 0.25) is 0 Å². The summed E-state index contributed by atoms with van der Waals surface area (Å²) in [5, 5.41) is 0. The van der Waals surface area contributed by atoms with Crippen molar-refractivity contribution < 1.29 is 0 Å². The van der Waals surface area contributed by atoms with Crippen molar-refractivity contribution in [1.29, 1.82) is 0 Å². The number of hydrogen-bond donors (Lipinski definition) is 0. The van der Waals surface area contributed by atoms with Gasteiger partial charge in [-0.25, -0.2) is 0 Å². The lowest BCUT2D eigenvalue weighted by molar-refractivity contribution is 0.0367. The van der Waals surface area contributed by atoms with Gasteiger partial charge >= 0.3 is 0 Å². The molecule has 82 valence electrons. The van der Waals surface area contributed by atoms with Crippen molar-refractivity contribution >= 4 is 0 Å². The Kier molecular flexibility index (Phi) is 2.41. The monoisotopic (exact) mass is 202 g/mol. The van der Waals surface area contributed by atoms with Crippen LogP contribution in [0.15, 0.2) is 30.3 Å². The first-order chi connectivity index (χ1) is 6.96. The molecule has 0 radical (unpaired) electrons. The van der Waals surface area contributed by atoms with Crippen LogP contribution in [0.2, 0.25) is 0 Å². The predicted octanol–water partition coefficient (Wildman–Crippen LogP) is 4.40. The largest absolute Gasteiger partial charge is 0.0624 e. The molecule has 1 aromatic carbocycles. The maximum atomic E-state index is 2.38. The summed E-state index contributed by atoms with van der Waals surface area (Å²) < 4.78 is 0. The summed E-state index contributed by atoms with van der Waals surface area (Å²) in [6.45, 7) is 9.51. The molecule has 1 saturated carbocycles. The summed E-state index contributed by atoms with van der Waals surface area (Å²) in [5.74, 6) is 0.893. The first-order valence-electron chi connectivity index (χ1n) is 6.01. The maximum Gasteiger partial charge on any atom is 0.000655 e. The minimum Gasteiger partial charge on any atom is -0.0624 e. The third kappa shape index (κ3) is 1.60. The molecule has 1 aliphatic carbocycles. The van der Waals surface area contributed by atoms with E-state index >= 15 is 0 Å². The highest BCUT2D eigenvalue weighted by atomic mass is 14.5. The zero-order valence-electron chi connectivity index (χ0n) is 10.4. The molecule has 1 aromatic rings. The van der Waals surface area contributed by atoms with E-state index in [1.165, 1.54) is 18.4 Å². The van der Waals surface area contributed by atoms with Gasteiger partial charge < -0.3 is 0 Å². The van der Waals surface area contributed by atoms with Crippen LogP contribution in [-0.2, 0) is 5.41 Å². The summed E-state index contributed by atoms with van der Waals surface area (Å²) in [6.07, 6.45) is 2.70. The first kappa shape index (κ1) is 10.7. The smallest absolute Gasteiger partial charge is 0.000655 e. The van der Waals surface area contributed by atoms with Crippen LogP contribution in [0.25, 0.3) is 0 Å². The van der Waals surface area contributed by atoms with Gasteiger partial charge in [-0.15, -0.1) is 0 Å². The first-order valence-corrected chi connectivity index (χ1v) is 6.01. The molecule has 0 aromatic heterocycles. The predicted molar refractivity (Wildman–Crippen MR) is 66.0 cm³/mol. The van der Waals surface area contributed by atoms with Gasteiger partial charge in [0.25, 0.3) is 0 Å². The molecule has 0 amide bonds. The molecule has 0 N–H and O–H groups in total. The molecule has 15 heavy (non-hydrogen) atoms. The lowest BCUT2D eigenvalue weighted by Gasteiger charge is -2.55. The summed E-state index contributed by atoms with van der Waals surface area (Å²) in [7, 11) is 0. The fraction of sp³-hybridized carbons (Fsp3) is 0.600. The van der Waals surface area contributed by atoms with E-state index in [0.717, 1.165) is 5.92 Å². The van der Waals surface area contributed by atoms with Gasteiger partial charge in [-0.05, 0) is 29.7 Å². The van der Waals surface area contributed by atoms with Gasteiger partial charge in [-0.3, -0.25) is 0 Å². The molecule has 0 heteroatoms. The number of benzene rings is 1. The molecular formula is C15H22. The van der Waals surface area contributed by atoms with Crippen molar-refractivity contribution in [3.05, 3.63) is 35.9 Å². The Morgan fingerprint density at radius 2 is 1.60 bits per heavy atom. The molecule has 2 rings (SSSR count). The highest BCUT2D eigenvalue weighted by Gasteiger charge is 2.50. The topological polar surface area (TPSA) is 0 Å².